The third kappa shape index (κ3) is 3.45. The fourth-order valence-electron chi connectivity index (χ4n) is 4.49. The minimum absolute atomic E-state index is 0.848. The average Bonchev–Trinajstić information content (AvgIpc) is 3.49. The van der Waals surface area contributed by atoms with Gasteiger partial charge in [0.1, 0.15) is 5.82 Å². The minimum Gasteiger partial charge on any atom is -0.294 e. The summed E-state index contributed by atoms with van der Waals surface area (Å²) in [6.07, 6.45) is 7.01. The Morgan fingerprint density at radius 2 is 1.71 bits per heavy atom. The molecule has 162 valence electrons. The van der Waals surface area contributed by atoms with E-state index in [-0.39, 0.29) is 0 Å². The van der Waals surface area contributed by atoms with Gasteiger partial charge in [0, 0.05) is 27.9 Å². The number of benzene rings is 3. The maximum atomic E-state index is 5.05. The number of allylic oxidation sites excluding steroid dienone is 1. The molecule has 0 radical (unpaired) electrons. The van der Waals surface area contributed by atoms with Crippen LogP contribution in [0.25, 0.3) is 54.9 Å². The lowest BCUT2D eigenvalue weighted by Gasteiger charge is -2.11. The summed E-state index contributed by atoms with van der Waals surface area (Å²) < 4.78 is 3.59. The highest BCUT2D eigenvalue weighted by Crippen LogP contribution is 2.39. The summed E-state index contributed by atoms with van der Waals surface area (Å²) in [7, 11) is 0. The Labute approximate surface area is 201 Å². The number of rotatable bonds is 5. The number of pyridine rings is 1. The molecule has 3 aromatic carbocycles. The van der Waals surface area contributed by atoms with Gasteiger partial charge < -0.3 is 0 Å². The summed E-state index contributed by atoms with van der Waals surface area (Å²) in [5, 5.41) is 5.96. The molecule has 0 aliphatic rings. The zero-order chi connectivity index (χ0) is 22.9. The number of hydrogen-bond donors (Lipinski definition) is 0. The first kappa shape index (κ1) is 20.3. The highest BCUT2D eigenvalue weighted by Gasteiger charge is 2.16. The van der Waals surface area contributed by atoms with Gasteiger partial charge in [-0.2, -0.15) is 0 Å². The van der Waals surface area contributed by atoms with Gasteiger partial charge in [-0.3, -0.25) is 9.56 Å². The number of fused-ring (bicyclic) bond motifs is 5. The van der Waals surface area contributed by atoms with E-state index in [4.69, 9.17) is 4.98 Å². The standard InChI is InChI=1S/C30H21N3S/c1-2-16-31-17-14-24-19-23(21-8-4-3-5-9-21)20-28(32-24)33-26-11-7-6-10-25(26)29-27(33)13-12-22-15-18-34-30(22)29/h2-20H,1H2/b17-14+,31-16-. The predicted octanol–water partition coefficient (Wildman–Crippen LogP) is 8.29. The number of nitrogens with zero attached hydrogens (tertiary/aromatic N) is 3. The van der Waals surface area contributed by atoms with Crippen LogP contribution in [-0.4, -0.2) is 15.8 Å². The molecule has 34 heavy (non-hydrogen) atoms. The van der Waals surface area contributed by atoms with Gasteiger partial charge in [-0.1, -0.05) is 67.3 Å². The second-order valence-electron chi connectivity index (χ2n) is 8.01. The second-order valence-corrected chi connectivity index (χ2v) is 8.92. The van der Waals surface area contributed by atoms with E-state index in [9.17, 15) is 0 Å². The van der Waals surface area contributed by atoms with E-state index in [1.54, 1.807) is 29.8 Å². The Bertz CT molecular complexity index is 1720. The third-order valence-corrected chi connectivity index (χ3v) is 6.89. The Morgan fingerprint density at radius 1 is 0.853 bits per heavy atom. The fourth-order valence-corrected chi connectivity index (χ4v) is 5.44. The van der Waals surface area contributed by atoms with E-state index in [2.05, 4.69) is 100 Å². The summed E-state index contributed by atoms with van der Waals surface area (Å²) in [6.45, 7) is 3.68. The monoisotopic (exact) mass is 455 g/mol. The maximum absolute atomic E-state index is 5.05. The van der Waals surface area contributed by atoms with Crippen LogP contribution in [0.2, 0.25) is 0 Å². The minimum atomic E-state index is 0.848. The summed E-state index contributed by atoms with van der Waals surface area (Å²) >= 11 is 1.79. The number of hydrogen-bond acceptors (Lipinski definition) is 3. The molecule has 0 unspecified atom stereocenters. The van der Waals surface area contributed by atoms with Gasteiger partial charge in [-0.05, 0) is 58.3 Å². The molecule has 4 heteroatoms. The van der Waals surface area contributed by atoms with Crippen LogP contribution in [0.4, 0.5) is 0 Å². The van der Waals surface area contributed by atoms with E-state index >= 15 is 0 Å². The molecule has 0 saturated carbocycles. The molecule has 6 aromatic rings. The Balaban J connectivity index is 1.66. The van der Waals surface area contributed by atoms with Crippen molar-refractivity contribution in [2.75, 3.05) is 0 Å². The third-order valence-electron chi connectivity index (χ3n) is 5.95. The molecule has 6 rings (SSSR count). The van der Waals surface area contributed by atoms with Crippen LogP contribution in [-0.2, 0) is 0 Å². The molecule has 0 spiro atoms. The Kier molecular flexibility index (Phi) is 5.13. The van der Waals surface area contributed by atoms with Crippen molar-refractivity contribution >= 4 is 55.5 Å². The van der Waals surface area contributed by atoms with Gasteiger partial charge in [0.25, 0.3) is 0 Å². The molecule has 3 aromatic heterocycles. The Morgan fingerprint density at radius 3 is 2.59 bits per heavy atom. The quantitative estimate of drug-likeness (QED) is 0.241. The number of aromatic nitrogens is 2. The van der Waals surface area contributed by atoms with E-state index in [0.29, 0.717) is 0 Å². The van der Waals surface area contributed by atoms with Crippen molar-refractivity contribution in [3.63, 3.8) is 0 Å². The molecule has 3 heterocycles. The van der Waals surface area contributed by atoms with Crippen LogP contribution in [0.5, 0.6) is 0 Å². The largest absolute Gasteiger partial charge is 0.294 e. The molecule has 3 nitrogen and oxygen atoms in total. The molecule has 0 fully saturated rings. The molecule has 0 bridgehead atoms. The van der Waals surface area contributed by atoms with Crippen LogP contribution in [0.15, 0.2) is 114 Å². The number of aliphatic imine (C=N–C) groups is 1. The summed E-state index contributed by atoms with van der Waals surface area (Å²) in [5.74, 6) is 0.885. The zero-order valence-electron chi connectivity index (χ0n) is 18.4. The van der Waals surface area contributed by atoms with Crippen molar-refractivity contribution < 1.29 is 0 Å². The normalized spacial score (nSPS) is 12.0. The van der Waals surface area contributed by atoms with Gasteiger partial charge in [-0.25, -0.2) is 4.98 Å². The molecular formula is C30H21N3S. The summed E-state index contributed by atoms with van der Waals surface area (Å²) in [4.78, 5) is 9.29. The van der Waals surface area contributed by atoms with Crippen molar-refractivity contribution in [2.45, 2.75) is 0 Å². The van der Waals surface area contributed by atoms with Crippen molar-refractivity contribution in [3.8, 4) is 16.9 Å². The van der Waals surface area contributed by atoms with Crippen LogP contribution in [0.1, 0.15) is 5.69 Å². The lowest BCUT2D eigenvalue weighted by atomic mass is 10.1. The number of thiophene rings is 1. The van der Waals surface area contributed by atoms with Crippen molar-refractivity contribution in [1.82, 2.24) is 9.55 Å². The molecule has 0 amide bonds. The Hall–Kier alpha value is -4.28. The van der Waals surface area contributed by atoms with Gasteiger partial charge in [-0.15, -0.1) is 11.3 Å². The van der Waals surface area contributed by atoms with Crippen molar-refractivity contribution in [2.24, 2.45) is 4.99 Å². The van der Waals surface area contributed by atoms with Crippen LogP contribution < -0.4 is 0 Å². The van der Waals surface area contributed by atoms with Gasteiger partial charge >= 0.3 is 0 Å². The van der Waals surface area contributed by atoms with Crippen molar-refractivity contribution in [1.29, 1.82) is 0 Å². The highest BCUT2D eigenvalue weighted by atomic mass is 32.1. The lowest BCUT2D eigenvalue weighted by Crippen LogP contribution is -1.99. The highest BCUT2D eigenvalue weighted by molar-refractivity contribution is 7.18. The molecule has 0 N–H and O–H groups in total. The topological polar surface area (TPSA) is 30.2 Å². The average molecular weight is 456 g/mol. The second kappa shape index (κ2) is 8.58. The SMILES string of the molecule is C=C/C=N\C=C\c1cc(-c2ccccc2)cc(-n2c3ccccc3c3c4sccc4ccc32)n1. The zero-order valence-corrected chi connectivity index (χ0v) is 19.2. The van der Waals surface area contributed by atoms with E-state index in [1.807, 2.05) is 12.1 Å². The van der Waals surface area contributed by atoms with E-state index in [0.717, 1.165) is 33.7 Å². The van der Waals surface area contributed by atoms with Crippen LogP contribution in [0, 0.1) is 0 Å². The number of para-hydroxylation sites is 1. The molecule has 0 aliphatic heterocycles. The van der Waals surface area contributed by atoms with Gasteiger partial charge in [0.05, 0.1) is 16.7 Å². The summed E-state index contributed by atoms with van der Waals surface area (Å²) in [6, 6.07) is 29.9. The molecule has 0 saturated heterocycles. The first-order chi connectivity index (χ1) is 16.8. The van der Waals surface area contributed by atoms with Gasteiger partial charge in [0.15, 0.2) is 0 Å². The van der Waals surface area contributed by atoms with E-state index in [1.165, 1.54) is 20.9 Å². The van der Waals surface area contributed by atoms with Crippen LogP contribution in [0.3, 0.4) is 0 Å². The molecule has 0 atom stereocenters. The van der Waals surface area contributed by atoms with Gasteiger partial charge in [0.2, 0.25) is 0 Å². The first-order valence-corrected chi connectivity index (χ1v) is 12.0. The smallest absolute Gasteiger partial charge is 0.138 e. The summed E-state index contributed by atoms with van der Waals surface area (Å²) in [5.41, 5.74) is 5.42. The van der Waals surface area contributed by atoms with E-state index < -0.39 is 0 Å². The molecule has 0 aliphatic carbocycles. The molecular weight excluding hydrogens is 434 g/mol. The fraction of sp³-hybridized carbons (Fsp3) is 0. The van der Waals surface area contributed by atoms with Crippen LogP contribution >= 0.6 is 11.3 Å². The van der Waals surface area contributed by atoms with Crippen molar-refractivity contribution in [3.05, 3.63) is 115 Å². The maximum Gasteiger partial charge on any atom is 0.138 e. The first-order valence-electron chi connectivity index (χ1n) is 11.1. The predicted molar refractivity (Wildman–Crippen MR) is 147 cm³/mol. The lowest BCUT2D eigenvalue weighted by molar-refractivity contribution is 1.07.